The van der Waals surface area contributed by atoms with Crippen molar-refractivity contribution in [3.8, 4) is 0 Å². The summed E-state index contributed by atoms with van der Waals surface area (Å²) in [6.07, 6.45) is 10.0. The number of nitrogens with one attached hydrogen (secondary N) is 2. The summed E-state index contributed by atoms with van der Waals surface area (Å²) in [6.45, 7) is 2.18. The fraction of sp³-hybridized carbons (Fsp3) is 0.882. The smallest absolute Gasteiger partial charge is 0.315 e. The molecule has 1 atom stereocenters. The number of aliphatic carboxylic acids is 1. The molecule has 0 aromatic rings. The Hall–Kier alpha value is -1.26. The van der Waals surface area contributed by atoms with Crippen LogP contribution in [0.5, 0.6) is 0 Å². The van der Waals surface area contributed by atoms with Crippen LogP contribution in [0.4, 0.5) is 4.79 Å². The molecular weight excluding hydrogens is 280 g/mol. The summed E-state index contributed by atoms with van der Waals surface area (Å²) >= 11 is 0. The van der Waals surface area contributed by atoms with Gasteiger partial charge in [0.25, 0.3) is 0 Å². The Morgan fingerprint density at radius 1 is 1.14 bits per heavy atom. The number of amides is 2. The first-order valence-corrected chi connectivity index (χ1v) is 8.90. The lowest BCUT2D eigenvalue weighted by atomic mass is 9.78. The molecule has 2 saturated carbocycles. The van der Waals surface area contributed by atoms with E-state index in [0.717, 1.165) is 32.1 Å². The van der Waals surface area contributed by atoms with Gasteiger partial charge in [-0.2, -0.15) is 0 Å². The predicted molar refractivity (Wildman–Crippen MR) is 85.7 cm³/mol. The number of urea groups is 1. The number of unbranched alkanes of at least 4 members (excludes halogenated alkanes) is 1. The van der Waals surface area contributed by atoms with Crippen LogP contribution in [0.15, 0.2) is 0 Å². The molecule has 22 heavy (non-hydrogen) atoms. The largest absolute Gasteiger partial charge is 0.481 e. The van der Waals surface area contributed by atoms with Gasteiger partial charge in [-0.1, -0.05) is 26.2 Å². The number of carbonyl (C=O) groups excluding carboxylic acids is 1. The van der Waals surface area contributed by atoms with Crippen molar-refractivity contribution in [2.24, 2.45) is 11.8 Å². The number of hydrogen-bond donors (Lipinski definition) is 3. The molecule has 0 bridgehead atoms. The predicted octanol–water partition coefficient (Wildman–Crippen LogP) is 3.29. The summed E-state index contributed by atoms with van der Waals surface area (Å²) in [6, 6.07) is 0.375. The van der Waals surface area contributed by atoms with Gasteiger partial charge < -0.3 is 15.7 Å². The molecule has 5 nitrogen and oxygen atoms in total. The van der Waals surface area contributed by atoms with Gasteiger partial charge in [-0.05, 0) is 50.9 Å². The third-order valence-corrected chi connectivity index (χ3v) is 5.32. The Balaban J connectivity index is 1.72. The van der Waals surface area contributed by atoms with Crippen LogP contribution < -0.4 is 10.6 Å². The van der Waals surface area contributed by atoms with Crippen LogP contribution in [-0.2, 0) is 4.79 Å². The maximum atomic E-state index is 12.2. The lowest BCUT2D eigenvalue weighted by Gasteiger charge is -2.35. The monoisotopic (exact) mass is 310 g/mol. The molecule has 0 aromatic heterocycles. The third kappa shape index (κ3) is 4.89. The molecule has 0 aromatic carbocycles. The molecule has 0 aliphatic heterocycles. The molecule has 2 aliphatic carbocycles. The zero-order valence-corrected chi connectivity index (χ0v) is 13.6. The molecule has 0 radical (unpaired) electrons. The maximum absolute atomic E-state index is 12.2. The van der Waals surface area contributed by atoms with E-state index in [1.54, 1.807) is 0 Å². The minimum Gasteiger partial charge on any atom is -0.481 e. The van der Waals surface area contributed by atoms with E-state index < -0.39 is 5.97 Å². The first kappa shape index (κ1) is 17.1. The lowest BCUT2D eigenvalue weighted by molar-refractivity contribution is -0.142. The molecule has 2 fully saturated rings. The Labute approximate surface area is 133 Å². The van der Waals surface area contributed by atoms with Crippen molar-refractivity contribution < 1.29 is 14.7 Å². The van der Waals surface area contributed by atoms with Crippen molar-refractivity contribution in [3.05, 3.63) is 0 Å². The van der Waals surface area contributed by atoms with E-state index in [1.165, 1.54) is 19.3 Å². The molecule has 2 rings (SSSR count). The summed E-state index contributed by atoms with van der Waals surface area (Å²) in [5, 5.41) is 15.2. The highest BCUT2D eigenvalue weighted by molar-refractivity contribution is 5.74. The van der Waals surface area contributed by atoms with E-state index in [0.29, 0.717) is 24.8 Å². The number of hydrogen-bond acceptors (Lipinski definition) is 2. The van der Waals surface area contributed by atoms with Gasteiger partial charge in [-0.25, -0.2) is 4.79 Å². The first-order valence-electron chi connectivity index (χ1n) is 8.90. The van der Waals surface area contributed by atoms with Crippen molar-refractivity contribution in [2.75, 3.05) is 0 Å². The van der Waals surface area contributed by atoms with Crippen LogP contribution in [0.25, 0.3) is 0 Å². The Bertz CT molecular complexity index is 374. The minimum absolute atomic E-state index is 0.0632. The zero-order chi connectivity index (χ0) is 15.9. The average molecular weight is 310 g/mol. The number of carboxylic acids is 1. The summed E-state index contributed by atoms with van der Waals surface area (Å²) < 4.78 is 0. The molecular formula is C17H30N2O3. The van der Waals surface area contributed by atoms with Gasteiger partial charge in [0.1, 0.15) is 0 Å². The fourth-order valence-corrected chi connectivity index (χ4v) is 3.57. The van der Waals surface area contributed by atoms with Gasteiger partial charge in [-0.15, -0.1) is 0 Å². The van der Waals surface area contributed by atoms with Crippen molar-refractivity contribution >= 4 is 12.0 Å². The van der Waals surface area contributed by atoms with Gasteiger partial charge in [0.2, 0.25) is 0 Å². The molecule has 1 unspecified atom stereocenters. The maximum Gasteiger partial charge on any atom is 0.315 e. The molecule has 5 heteroatoms. The second-order valence-corrected chi connectivity index (χ2v) is 6.94. The van der Waals surface area contributed by atoms with Crippen LogP contribution in [0, 0.1) is 11.8 Å². The molecule has 3 N–H and O–H groups in total. The summed E-state index contributed by atoms with van der Waals surface area (Å²) in [5.41, 5.74) is 0. The summed E-state index contributed by atoms with van der Waals surface area (Å²) in [4.78, 5) is 23.2. The highest BCUT2D eigenvalue weighted by Gasteiger charge is 2.30. The van der Waals surface area contributed by atoms with E-state index in [4.69, 9.17) is 5.11 Å². The molecule has 2 amide bonds. The Morgan fingerprint density at radius 3 is 2.32 bits per heavy atom. The van der Waals surface area contributed by atoms with Gasteiger partial charge in [-0.3, -0.25) is 4.79 Å². The second kappa shape index (κ2) is 8.39. The zero-order valence-electron chi connectivity index (χ0n) is 13.6. The Morgan fingerprint density at radius 2 is 1.82 bits per heavy atom. The summed E-state index contributed by atoms with van der Waals surface area (Å²) in [5.74, 6) is -0.277. The van der Waals surface area contributed by atoms with E-state index in [-0.39, 0.29) is 18.0 Å². The number of carboxylic acid groups (broad SMARTS) is 1. The van der Waals surface area contributed by atoms with Gasteiger partial charge in [0.05, 0.1) is 5.92 Å². The highest BCUT2D eigenvalue weighted by Crippen LogP contribution is 2.31. The fourth-order valence-electron chi connectivity index (χ4n) is 3.57. The van der Waals surface area contributed by atoms with E-state index in [2.05, 4.69) is 17.6 Å². The van der Waals surface area contributed by atoms with Crippen LogP contribution in [-0.4, -0.2) is 29.2 Å². The van der Waals surface area contributed by atoms with Crippen LogP contribution in [0.3, 0.4) is 0 Å². The standard InChI is InChI=1S/C17H30N2O3/c1-2-3-7-15(12-5-4-6-12)19-17(22)18-14-10-8-13(9-11-14)16(20)21/h12-15H,2-11H2,1H3,(H,20,21)(H2,18,19,22). The molecule has 0 heterocycles. The van der Waals surface area contributed by atoms with E-state index >= 15 is 0 Å². The van der Waals surface area contributed by atoms with Crippen LogP contribution in [0.1, 0.15) is 71.1 Å². The number of carbonyl (C=O) groups is 2. The second-order valence-electron chi connectivity index (χ2n) is 6.94. The van der Waals surface area contributed by atoms with E-state index in [9.17, 15) is 9.59 Å². The molecule has 126 valence electrons. The normalized spacial score (nSPS) is 26.8. The van der Waals surface area contributed by atoms with Gasteiger partial charge in [0, 0.05) is 12.1 Å². The highest BCUT2D eigenvalue weighted by atomic mass is 16.4. The lowest BCUT2D eigenvalue weighted by Crippen LogP contribution is -2.50. The average Bonchev–Trinajstić information content (AvgIpc) is 2.43. The van der Waals surface area contributed by atoms with Crippen LogP contribution >= 0.6 is 0 Å². The topological polar surface area (TPSA) is 78.4 Å². The van der Waals surface area contributed by atoms with Crippen molar-refractivity contribution in [1.82, 2.24) is 10.6 Å². The third-order valence-electron chi connectivity index (χ3n) is 5.32. The molecule has 0 spiro atoms. The molecule has 2 aliphatic rings. The Kier molecular flexibility index (Phi) is 6.52. The van der Waals surface area contributed by atoms with Gasteiger partial charge in [0.15, 0.2) is 0 Å². The molecule has 0 saturated heterocycles. The van der Waals surface area contributed by atoms with Crippen molar-refractivity contribution in [2.45, 2.75) is 83.2 Å². The minimum atomic E-state index is -0.701. The first-order chi connectivity index (χ1) is 10.6. The van der Waals surface area contributed by atoms with Crippen LogP contribution in [0.2, 0.25) is 0 Å². The van der Waals surface area contributed by atoms with E-state index in [1.807, 2.05) is 0 Å². The number of rotatable bonds is 7. The SMILES string of the molecule is CCCCC(NC(=O)NC1CCC(C(=O)O)CC1)C1CCC1. The van der Waals surface area contributed by atoms with Crippen molar-refractivity contribution in [3.63, 3.8) is 0 Å². The summed E-state index contributed by atoms with van der Waals surface area (Å²) in [7, 11) is 0. The van der Waals surface area contributed by atoms with Gasteiger partial charge >= 0.3 is 12.0 Å². The van der Waals surface area contributed by atoms with Crippen molar-refractivity contribution in [1.29, 1.82) is 0 Å². The quantitative estimate of drug-likeness (QED) is 0.675.